The summed E-state index contributed by atoms with van der Waals surface area (Å²) in [6.45, 7) is 5.28. The first-order chi connectivity index (χ1) is 5.57. The summed E-state index contributed by atoms with van der Waals surface area (Å²) in [6, 6.07) is 0. The Morgan fingerprint density at radius 1 is 1.58 bits per heavy atom. The lowest BCUT2D eigenvalue weighted by Gasteiger charge is -2.26. The SMILES string of the molecule is C=C[C@]1(CO)C[C@@H](C)[C@H](O)[C@@H]1O. The summed E-state index contributed by atoms with van der Waals surface area (Å²) >= 11 is 0. The minimum atomic E-state index is -0.880. The van der Waals surface area contributed by atoms with Crippen molar-refractivity contribution in [3.63, 3.8) is 0 Å². The Hall–Kier alpha value is -0.380. The molecule has 0 aromatic carbocycles. The topological polar surface area (TPSA) is 60.7 Å². The largest absolute Gasteiger partial charge is 0.395 e. The van der Waals surface area contributed by atoms with Crippen LogP contribution in [0.25, 0.3) is 0 Å². The van der Waals surface area contributed by atoms with Crippen LogP contribution in [0.3, 0.4) is 0 Å². The van der Waals surface area contributed by atoms with Gasteiger partial charge in [-0.1, -0.05) is 13.0 Å². The summed E-state index contributed by atoms with van der Waals surface area (Å²) in [6.07, 6.45) is 0.518. The van der Waals surface area contributed by atoms with Gasteiger partial charge in [0.15, 0.2) is 0 Å². The van der Waals surface area contributed by atoms with Crippen LogP contribution in [0.5, 0.6) is 0 Å². The lowest BCUT2D eigenvalue weighted by atomic mass is 9.84. The molecule has 0 bridgehead atoms. The molecule has 0 aliphatic heterocycles. The molecule has 0 saturated heterocycles. The highest BCUT2D eigenvalue weighted by Gasteiger charge is 2.48. The molecule has 3 N–H and O–H groups in total. The number of aliphatic hydroxyl groups excluding tert-OH is 3. The van der Waals surface area contributed by atoms with Crippen molar-refractivity contribution in [1.82, 2.24) is 0 Å². The zero-order chi connectivity index (χ0) is 9.35. The van der Waals surface area contributed by atoms with Crippen molar-refractivity contribution in [2.75, 3.05) is 6.61 Å². The molecule has 1 saturated carbocycles. The van der Waals surface area contributed by atoms with Crippen LogP contribution in [0.15, 0.2) is 12.7 Å². The Morgan fingerprint density at radius 2 is 2.17 bits per heavy atom. The van der Waals surface area contributed by atoms with Crippen LogP contribution < -0.4 is 0 Å². The second-order valence-corrected chi connectivity index (χ2v) is 3.71. The van der Waals surface area contributed by atoms with Crippen molar-refractivity contribution < 1.29 is 15.3 Å². The van der Waals surface area contributed by atoms with Crippen LogP contribution in [-0.4, -0.2) is 34.1 Å². The van der Waals surface area contributed by atoms with Gasteiger partial charge in [0.1, 0.15) is 0 Å². The predicted octanol–water partition coefficient (Wildman–Crippen LogP) is -0.0873. The zero-order valence-electron chi connectivity index (χ0n) is 7.27. The van der Waals surface area contributed by atoms with E-state index in [0.717, 1.165) is 0 Å². The van der Waals surface area contributed by atoms with E-state index in [2.05, 4.69) is 6.58 Å². The molecule has 70 valence electrons. The predicted molar refractivity (Wildman–Crippen MR) is 45.5 cm³/mol. The number of rotatable bonds is 2. The third-order valence-electron chi connectivity index (χ3n) is 2.90. The number of hydrogen-bond donors (Lipinski definition) is 3. The van der Waals surface area contributed by atoms with E-state index in [9.17, 15) is 10.2 Å². The maximum atomic E-state index is 9.60. The maximum Gasteiger partial charge on any atom is 0.0914 e. The first-order valence-electron chi connectivity index (χ1n) is 4.18. The molecule has 1 aliphatic rings. The normalized spacial score (nSPS) is 47.8. The van der Waals surface area contributed by atoms with E-state index in [-0.39, 0.29) is 12.5 Å². The van der Waals surface area contributed by atoms with Gasteiger partial charge in [0.05, 0.1) is 18.8 Å². The van der Waals surface area contributed by atoms with Crippen LogP contribution in [0, 0.1) is 11.3 Å². The Labute approximate surface area is 72.3 Å². The van der Waals surface area contributed by atoms with Gasteiger partial charge in [-0.05, 0) is 12.3 Å². The van der Waals surface area contributed by atoms with E-state index in [1.54, 1.807) is 6.08 Å². The van der Waals surface area contributed by atoms with E-state index < -0.39 is 17.6 Å². The smallest absolute Gasteiger partial charge is 0.0914 e. The Morgan fingerprint density at radius 3 is 2.33 bits per heavy atom. The summed E-state index contributed by atoms with van der Waals surface area (Å²) in [5, 5.41) is 28.1. The highest BCUT2D eigenvalue weighted by Crippen LogP contribution is 2.42. The molecule has 12 heavy (non-hydrogen) atoms. The maximum absolute atomic E-state index is 9.60. The minimum absolute atomic E-state index is 0.0187. The van der Waals surface area contributed by atoms with Crippen LogP contribution in [0.1, 0.15) is 13.3 Å². The fourth-order valence-corrected chi connectivity index (χ4v) is 1.92. The van der Waals surface area contributed by atoms with Gasteiger partial charge >= 0.3 is 0 Å². The zero-order valence-corrected chi connectivity index (χ0v) is 7.27. The van der Waals surface area contributed by atoms with Gasteiger partial charge in [-0.25, -0.2) is 0 Å². The van der Waals surface area contributed by atoms with E-state index in [1.807, 2.05) is 6.92 Å². The lowest BCUT2D eigenvalue weighted by Crippen LogP contribution is -2.37. The van der Waals surface area contributed by atoms with Crippen molar-refractivity contribution in [1.29, 1.82) is 0 Å². The van der Waals surface area contributed by atoms with Crippen LogP contribution in [-0.2, 0) is 0 Å². The van der Waals surface area contributed by atoms with E-state index >= 15 is 0 Å². The van der Waals surface area contributed by atoms with Gasteiger partial charge in [0.2, 0.25) is 0 Å². The minimum Gasteiger partial charge on any atom is -0.395 e. The summed E-state index contributed by atoms with van der Waals surface area (Å²) in [7, 11) is 0. The summed E-state index contributed by atoms with van der Waals surface area (Å²) in [5.41, 5.74) is -0.696. The molecule has 0 aromatic rings. The summed E-state index contributed by atoms with van der Waals surface area (Å²) in [5.74, 6) is 0.0187. The summed E-state index contributed by atoms with van der Waals surface area (Å²) < 4.78 is 0. The van der Waals surface area contributed by atoms with Crippen LogP contribution >= 0.6 is 0 Å². The summed E-state index contributed by atoms with van der Waals surface area (Å²) in [4.78, 5) is 0. The molecule has 1 aliphatic carbocycles. The molecule has 0 heterocycles. The van der Waals surface area contributed by atoms with E-state index in [0.29, 0.717) is 6.42 Å². The fraction of sp³-hybridized carbons (Fsp3) is 0.778. The third kappa shape index (κ3) is 1.18. The van der Waals surface area contributed by atoms with Crippen LogP contribution in [0.4, 0.5) is 0 Å². The van der Waals surface area contributed by atoms with Gasteiger partial charge in [-0.3, -0.25) is 0 Å². The molecule has 1 fully saturated rings. The van der Waals surface area contributed by atoms with Gasteiger partial charge in [-0.2, -0.15) is 0 Å². The van der Waals surface area contributed by atoms with E-state index in [1.165, 1.54) is 0 Å². The molecule has 3 nitrogen and oxygen atoms in total. The van der Waals surface area contributed by atoms with Gasteiger partial charge in [-0.15, -0.1) is 6.58 Å². The van der Waals surface area contributed by atoms with Crippen molar-refractivity contribution in [3.05, 3.63) is 12.7 Å². The molecule has 4 atom stereocenters. The second-order valence-electron chi connectivity index (χ2n) is 3.71. The Kier molecular flexibility index (Phi) is 2.56. The first kappa shape index (κ1) is 9.71. The van der Waals surface area contributed by atoms with Gasteiger partial charge in [0.25, 0.3) is 0 Å². The molecule has 0 unspecified atom stereocenters. The van der Waals surface area contributed by atoms with Crippen LogP contribution in [0.2, 0.25) is 0 Å². The Bertz CT molecular complexity index is 181. The number of hydrogen-bond acceptors (Lipinski definition) is 3. The number of aliphatic hydroxyl groups is 3. The average molecular weight is 172 g/mol. The fourth-order valence-electron chi connectivity index (χ4n) is 1.92. The molecule has 0 spiro atoms. The second kappa shape index (κ2) is 3.17. The Balaban J connectivity index is 2.86. The highest BCUT2D eigenvalue weighted by atomic mass is 16.3. The van der Waals surface area contributed by atoms with Crippen molar-refractivity contribution in [2.45, 2.75) is 25.6 Å². The van der Waals surface area contributed by atoms with Gasteiger partial charge in [0, 0.05) is 5.41 Å². The lowest BCUT2D eigenvalue weighted by molar-refractivity contribution is -0.0285. The molecule has 3 heteroatoms. The third-order valence-corrected chi connectivity index (χ3v) is 2.90. The standard InChI is InChI=1S/C9H16O3/c1-3-9(5-10)4-6(2)7(11)8(9)12/h3,6-8,10-12H,1,4-5H2,2H3/t6-,7+,8+,9-/m1/s1. The molecule has 0 aromatic heterocycles. The monoisotopic (exact) mass is 172 g/mol. The molecule has 0 amide bonds. The first-order valence-corrected chi connectivity index (χ1v) is 4.18. The van der Waals surface area contributed by atoms with Crippen molar-refractivity contribution in [2.24, 2.45) is 11.3 Å². The van der Waals surface area contributed by atoms with E-state index in [4.69, 9.17) is 5.11 Å². The van der Waals surface area contributed by atoms with Crippen molar-refractivity contribution in [3.8, 4) is 0 Å². The molecule has 1 rings (SSSR count). The highest BCUT2D eigenvalue weighted by molar-refractivity contribution is 5.08. The quantitative estimate of drug-likeness (QED) is 0.510. The van der Waals surface area contributed by atoms with Crippen molar-refractivity contribution >= 4 is 0 Å². The molecular formula is C9H16O3. The molecular weight excluding hydrogens is 156 g/mol. The van der Waals surface area contributed by atoms with Gasteiger partial charge < -0.3 is 15.3 Å². The average Bonchev–Trinajstić information content (AvgIpc) is 2.30. The molecule has 0 radical (unpaired) electrons.